The van der Waals surface area contributed by atoms with E-state index < -0.39 is 12.0 Å². The monoisotopic (exact) mass is 449 g/mol. The SMILES string of the molecule is Cc1ccc2nc(-c3ccc(N4C(=O)CC(N5CCC(C(=O)O)CC5)C4=O)cc3)sc2c1. The quantitative estimate of drug-likeness (QED) is 0.611. The van der Waals surface area contributed by atoms with Crippen LogP contribution in [0.4, 0.5) is 5.69 Å². The van der Waals surface area contributed by atoms with Crippen molar-refractivity contribution in [1.82, 2.24) is 9.88 Å². The van der Waals surface area contributed by atoms with Gasteiger partial charge in [-0.2, -0.15) is 0 Å². The van der Waals surface area contributed by atoms with E-state index >= 15 is 0 Å². The van der Waals surface area contributed by atoms with Crippen LogP contribution >= 0.6 is 11.3 Å². The van der Waals surface area contributed by atoms with E-state index in [2.05, 4.69) is 13.0 Å². The minimum absolute atomic E-state index is 0.134. The zero-order valence-electron chi connectivity index (χ0n) is 17.7. The molecule has 8 heteroatoms. The Morgan fingerprint density at radius 1 is 1.09 bits per heavy atom. The third-order valence-electron chi connectivity index (χ3n) is 6.36. The molecule has 5 rings (SSSR count). The van der Waals surface area contributed by atoms with Crippen LogP contribution in [-0.4, -0.2) is 51.9 Å². The number of carbonyl (C=O) groups excluding carboxylic acids is 2. The van der Waals surface area contributed by atoms with Crippen LogP contribution in [0.1, 0.15) is 24.8 Å². The summed E-state index contributed by atoms with van der Waals surface area (Å²) in [5.74, 6) is -1.60. The first-order chi connectivity index (χ1) is 15.4. The average molecular weight is 450 g/mol. The summed E-state index contributed by atoms with van der Waals surface area (Å²) in [6.07, 6.45) is 1.14. The maximum atomic E-state index is 13.1. The van der Waals surface area contributed by atoms with Crippen LogP contribution in [0, 0.1) is 12.8 Å². The van der Waals surface area contributed by atoms with Crippen molar-refractivity contribution < 1.29 is 19.5 Å². The first kappa shape index (κ1) is 20.8. The Morgan fingerprint density at radius 3 is 2.50 bits per heavy atom. The second-order valence-electron chi connectivity index (χ2n) is 8.47. The molecule has 1 aromatic heterocycles. The molecular weight excluding hydrogens is 426 g/mol. The van der Waals surface area contributed by atoms with Crippen LogP contribution in [0.2, 0.25) is 0 Å². The van der Waals surface area contributed by atoms with Crippen LogP contribution in [0.5, 0.6) is 0 Å². The highest BCUT2D eigenvalue weighted by molar-refractivity contribution is 7.21. The number of aromatic nitrogens is 1. The Kier molecular flexibility index (Phi) is 5.27. The van der Waals surface area contributed by atoms with E-state index in [-0.39, 0.29) is 24.2 Å². The van der Waals surface area contributed by atoms with Gasteiger partial charge < -0.3 is 5.11 Å². The molecule has 3 heterocycles. The van der Waals surface area contributed by atoms with E-state index in [9.17, 15) is 19.5 Å². The number of thiazole rings is 1. The Hall–Kier alpha value is -3.10. The number of aliphatic carboxylic acids is 1. The fourth-order valence-electron chi connectivity index (χ4n) is 4.54. The lowest BCUT2D eigenvalue weighted by Crippen LogP contribution is -2.46. The number of anilines is 1. The number of fused-ring (bicyclic) bond motifs is 1. The van der Waals surface area contributed by atoms with Crippen molar-refractivity contribution >= 4 is 45.0 Å². The number of piperidine rings is 1. The van der Waals surface area contributed by atoms with Gasteiger partial charge in [-0.3, -0.25) is 19.3 Å². The molecule has 2 saturated heterocycles. The van der Waals surface area contributed by atoms with Gasteiger partial charge in [-0.05, 0) is 74.8 Å². The van der Waals surface area contributed by atoms with Gasteiger partial charge in [-0.1, -0.05) is 6.07 Å². The number of aryl methyl sites for hydroxylation is 1. The number of rotatable bonds is 4. The van der Waals surface area contributed by atoms with Crippen molar-refractivity contribution in [2.45, 2.75) is 32.2 Å². The molecule has 2 amide bonds. The summed E-state index contributed by atoms with van der Waals surface area (Å²) in [4.78, 5) is 44.9. The fraction of sp³-hybridized carbons (Fsp3) is 0.333. The molecule has 2 aliphatic rings. The molecule has 2 aromatic carbocycles. The van der Waals surface area contributed by atoms with Gasteiger partial charge in [-0.25, -0.2) is 9.88 Å². The van der Waals surface area contributed by atoms with Gasteiger partial charge in [-0.15, -0.1) is 11.3 Å². The number of benzene rings is 2. The van der Waals surface area contributed by atoms with Gasteiger partial charge in [0.05, 0.1) is 34.3 Å². The van der Waals surface area contributed by atoms with Crippen LogP contribution < -0.4 is 4.90 Å². The highest BCUT2D eigenvalue weighted by Gasteiger charge is 2.43. The molecule has 1 atom stereocenters. The van der Waals surface area contributed by atoms with E-state index in [0.29, 0.717) is 31.6 Å². The lowest BCUT2D eigenvalue weighted by Gasteiger charge is -2.33. The molecule has 1 N–H and O–H groups in total. The summed E-state index contributed by atoms with van der Waals surface area (Å²) in [6, 6.07) is 13.0. The zero-order chi connectivity index (χ0) is 22.4. The predicted molar refractivity (Wildman–Crippen MR) is 123 cm³/mol. The van der Waals surface area contributed by atoms with E-state index in [4.69, 9.17) is 4.98 Å². The number of carbonyl (C=O) groups is 3. The maximum absolute atomic E-state index is 13.1. The van der Waals surface area contributed by atoms with Crippen molar-refractivity contribution in [3.8, 4) is 10.6 Å². The molecular formula is C24H23N3O4S. The lowest BCUT2D eigenvalue weighted by molar-refractivity contribution is -0.143. The lowest BCUT2D eigenvalue weighted by atomic mass is 9.96. The first-order valence-electron chi connectivity index (χ1n) is 10.7. The molecule has 1 unspecified atom stereocenters. The third-order valence-corrected chi connectivity index (χ3v) is 7.43. The second kappa shape index (κ2) is 8.11. The van der Waals surface area contributed by atoms with Crippen LogP contribution in [0.25, 0.3) is 20.8 Å². The summed E-state index contributed by atoms with van der Waals surface area (Å²) in [6.45, 7) is 3.09. The van der Waals surface area contributed by atoms with Gasteiger partial charge in [0.25, 0.3) is 5.91 Å². The van der Waals surface area contributed by atoms with Gasteiger partial charge in [0.1, 0.15) is 5.01 Å². The van der Waals surface area contributed by atoms with E-state index in [1.165, 1.54) is 10.5 Å². The van der Waals surface area contributed by atoms with Crippen molar-refractivity contribution in [2.24, 2.45) is 5.92 Å². The highest BCUT2D eigenvalue weighted by Crippen LogP contribution is 2.33. The predicted octanol–water partition coefficient (Wildman–Crippen LogP) is 3.70. The van der Waals surface area contributed by atoms with E-state index in [1.807, 2.05) is 29.2 Å². The molecule has 3 aromatic rings. The second-order valence-corrected chi connectivity index (χ2v) is 9.50. The van der Waals surface area contributed by atoms with E-state index in [0.717, 1.165) is 20.8 Å². The number of imide groups is 1. The van der Waals surface area contributed by atoms with Crippen molar-refractivity contribution in [3.63, 3.8) is 0 Å². The van der Waals surface area contributed by atoms with Crippen LogP contribution in [0.15, 0.2) is 42.5 Å². The highest BCUT2D eigenvalue weighted by atomic mass is 32.1. The summed E-state index contributed by atoms with van der Waals surface area (Å²) in [5, 5.41) is 10.1. The molecule has 164 valence electrons. The van der Waals surface area contributed by atoms with Crippen molar-refractivity contribution in [1.29, 1.82) is 0 Å². The smallest absolute Gasteiger partial charge is 0.306 e. The van der Waals surface area contributed by atoms with Gasteiger partial charge >= 0.3 is 5.97 Å². The normalized spacial score (nSPS) is 20.4. The minimum atomic E-state index is -0.788. The first-order valence-corrected chi connectivity index (χ1v) is 11.5. The van der Waals surface area contributed by atoms with Crippen LogP contribution in [-0.2, 0) is 14.4 Å². The molecule has 2 fully saturated rings. The standard InChI is InChI=1S/C24H23N3O4S/c1-14-2-7-18-20(12-14)32-22(25-18)15-3-5-17(6-4-15)27-21(28)13-19(23(27)29)26-10-8-16(9-11-26)24(30)31/h2-7,12,16,19H,8-11,13H2,1H3,(H,30,31). The van der Waals surface area contributed by atoms with Gasteiger partial charge in [0, 0.05) is 5.56 Å². The summed E-state index contributed by atoms with van der Waals surface area (Å²) in [7, 11) is 0. The summed E-state index contributed by atoms with van der Waals surface area (Å²) < 4.78 is 1.13. The number of nitrogens with zero attached hydrogens (tertiary/aromatic N) is 3. The molecule has 0 aliphatic carbocycles. The number of hydrogen-bond acceptors (Lipinski definition) is 6. The molecule has 2 aliphatic heterocycles. The summed E-state index contributed by atoms with van der Waals surface area (Å²) in [5.41, 5.74) is 3.65. The van der Waals surface area contributed by atoms with Crippen molar-refractivity contribution in [3.05, 3.63) is 48.0 Å². The largest absolute Gasteiger partial charge is 0.481 e. The Bertz CT molecular complexity index is 1210. The number of hydrogen-bond donors (Lipinski definition) is 1. The molecule has 32 heavy (non-hydrogen) atoms. The molecule has 0 bridgehead atoms. The number of likely N-dealkylation sites (tertiary alicyclic amines) is 1. The topological polar surface area (TPSA) is 90.8 Å². The van der Waals surface area contributed by atoms with Gasteiger partial charge in [0.2, 0.25) is 5.91 Å². The molecule has 7 nitrogen and oxygen atoms in total. The average Bonchev–Trinajstić information content (AvgIpc) is 3.34. The molecule has 0 saturated carbocycles. The Morgan fingerprint density at radius 2 is 1.81 bits per heavy atom. The maximum Gasteiger partial charge on any atom is 0.306 e. The zero-order valence-corrected chi connectivity index (χ0v) is 18.5. The third kappa shape index (κ3) is 3.69. The van der Waals surface area contributed by atoms with Crippen molar-refractivity contribution in [2.75, 3.05) is 18.0 Å². The number of carboxylic acid groups (broad SMARTS) is 1. The fourth-order valence-corrected chi connectivity index (χ4v) is 5.61. The number of amides is 2. The Labute approximate surface area is 189 Å². The molecule has 0 radical (unpaired) electrons. The number of carboxylic acids is 1. The minimum Gasteiger partial charge on any atom is -0.481 e. The van der Waals surface area contributed by atoms with Gasteiger partial charge in [0.15, 0.2) is 0 Å². The summed E-state index contributed by atoms with van der Waals surface area (Å²) >= 11 is 1.62. The van der Waals surface area contributed by atoms with Crippen LogP contribution in [0.3, 0.4) is 0 Å². The van der Waals surface area contributed by atoms with E-state index in [1.54, 1.807) is 23.5 Å². The Balaban J connectivity index is 1.33. The molecule has 0 spiro atoms.